The molecule has 1 atom stereocenters. The monoisotopic (exact) mass is 558 g/mol. The average Bonchev–Trinajstić information content (AvgIpc) is 3.43. The van der Waals surface area contributed by atoms with Gasteiger partial charge in [-0.1, -0.05) is 12.1 Å². The molecule has 1 unspecified atom stereocenters. The largest absolute Gasteiger partial charge is 0.274 e. The third-order valence-corrected chi connectivity index (χ3v) is 9.31. The minimum atomic E-state index is -3.93. The summed E-state index contributed by atoms with van der Waals surface area (Å²) >= 11 is 4.64. The summed E-state index contributed by atoms with van der Waals surface area (Å²) < 4.78 is 28.9. The van der Waals surface area contributed by atoms with E-state index < -0.39 is 27.9 Å². The van der Waals surface area contributed by atoms with Crippen molar-refractivity contribution in [3.8, 4) is 0 Å². The van der Waals surface area contributed by atoms with Gasteiger partial charge in [-0.05, 0) is 69.7 Å². The number of halogens is 1. The number of anilines is 1. The molecule has 4 rings (SSSR count). The van der Waals surface area contributed by atoms with Gasteiger partial charge >= 0.3 is 0 Å². The van der Waals surface area contributed by atoms with Crippen molar-refractivity contribution in [3.63, 3.8) is 0 Å². The molecule has 29 heavy (non-hydrogen) atoms. The summed E-state index contributed by atoms with van der Waals surface area (Å²) in [5.74, 6) is -0.924. The molecule has 1 saturated heterocycles. The number of benzene rings is 1. The number of carbonyl (C=O) groups is 2. The van der Waals surface area contributed by atoms with Crippen molar-refractivity contribution >= 4 is 72.8 Å². The van der Waals surface area contributed by atoms with E-state index in [1.807, 2.05) is 17.5 Å². The van der Waals surface area contributed by atoms with Crippen molar-refractivity contribution in [2.24, 2.45) is 0 Å². The van der Waals surface area contributed by atoms with Gasteiger partial charge in [0.25, 0.3) is 15.9 Å². The Kier molecular flexibility index (Phi) is 5.89. The first-order valence-electron chi connectivity index (χ1n) is 8.58. The summed E-state index contributed by atoms with van der Waals surface area (Å²) in [4.78, 5) is 27.8. The van der Waals surface area contributed by atoms with Crippen molar-refractivity contribution in [3.05, 3.63) is 67.7 Å². The Balaban J connectivity index is 1.72. The van der Waals surface area contributed by atoms with Crippen molar-refractivity contribution in [1.29, 1.82) is 0 Å². The summed E-state index contributed by atoms with van der Waals surface area (Å²) in [5, 5.41) is 3.53. The Morgan fingerprint density at radius 3 is 2.34 bits per heavy atom. The lowest BCUT2D eigenvalue weighted by Crippen LogP contribution is -2.44. The molecule has 0 bridgehead atoms. The number of hydrogen-bond acceptors (Lipinski definition) is 6. The van der Waals surface area contributed by atoms with E-state index in [2.05, 4.69) is 22.6 Å². The number of rotatable bonds is 6. The molecule has 0 N–H and O–H groups in total. The molecule has 1 aromatic carbocycles. The molecule has 3 aromatic rings. The van der Waals surface area contributed by atoms with E-state index in [-0.39, 0.29) is 17.2 Å². The smallest absolute Gasteiger partial charge is 0.253 e. The van der Waals surface area contributed by atoms with Crippen LogP contribution in [0.5, 0.6) is 0 Å². The van der Waals surface area contributed by atoms with Gasteiger partial charge in [0.2, 0.25) is 5.91 Å². The molecule has 0 radical (unpaired) electrons. The van der Waals surface area contributed by atoms with E-state index in [0.717, 1.165) is 29.0 Å². The molecule has 2 amide bonds. The lowest BCUT2D eigenvalue weighted by molar-refractivity contribution is -0.122. The minimum Gasteiger partial charge on any atom is -0.274 e. The standard InChI is InChI=1S/C19H15IN2O4S3/c20-13-5-7-14(8-6-13)22-17(23)11-16(19(22)24)21(12-15-3-1-9-27-15)29(25,26)18-4-2-10-28-18/h1-10,16H,11-12H2. The van der Waals surface area contributed by atoms with E-state index in [0.29, 0.717) is 5.69 Å². The van der Waals surface area contributed by atoms with E-state index in [1.54, 1.807) is 35.7 Å². The topological polar surface area (TPSA) is 74.8 Å². The zero-order valence-electron chi connectivity index (χ0n) is 14.9. The zero-order chi connectivity index (χ0) is 20.6. The molecule has 0 aliphatic carbocycles. The highest BCUT2D eigenvalue weighted by Gasteiger charge is 2.47. The number of nitrogens with zero attached hydrogens (tertiary/aromatic N) is 2. The van der Waals surface area contributed by atoms with Crippen molar-refractivity contribution in [2.45, 2.75) is 23.2 Å². The maximum atomic E-state index is 13.3. The quantitative estimate of drug-likeness (QED) is 0.340. The van der Waals surface area contributed by atoms with Crippen LogP contribution in [0.2, 0.25) is 0 Å². The molecule has 0 saturated carbocycles. The van der Waals surface area contributed by atoms with Crippen molar-refractivity contribution in [2.75, 3.05) is 4.90 Å². The maximum absolute atomic E-state index is 13.3. The average molecular weight is 558 g/mol. The SMILES string of the molecule is O=C1CC(N(Cc2cccs2)S(=O)(=O)c2cccs2)C(=O)N1c1ccc(I)cc1. The first kappa shape index (κ1) is 20.7. The van der Waals surface area contributed by atoms with E-state index >= 15 is 0 Å². The molecule has 6 nitrogen and oxygen atoms in total. The van der Waals surface area contributed by atoms with E-state index in [9.17, 15) is 18.0 Å². The molecular weight excluding hydrogens is 543 g/mol. The molecule has 1 aliphatic heterocycles. The number of amides is 2. The molecule has 1 aliphatic rings. The lowest BCUT2D eigenvalue weighted by atomic mass is 10.2. The Hall–Kier alpha value is -1.60. The Morgan fingerprint density at radius 2 is 1.72 bits per heavy atom. The summed E-state index contributed by atoms with van der Waals surface area (Å²) in [6.45, 7) is 0.0438. The number of imide groups is 1. The molecule has 2 aromatic heterocycles. The van der Waals surface area contributed by atoms with Crippen molar-refractivity contribution < 1.29 is 18.0 Å². The van der Waals surface area contributed by atoms with Gasteiger partial charge in [-0.25, -0.2) is 13.3 Å². The van der Waals surface area contributed by atoms with Crippen LogP contribution in [-0.2, 0) is 26.2 Å². The van der Waals surface area contributed by atoms with Gasteiger partial charge in [0.05, 0.1) is 12.1 Å². The first-order valence-corrected chi connectivity index (χ1v) is 12.9. The maximum Gasteiger partial charge on any atom is 0.253 e. The second kappa shape index (κ2) is 8.26. The fourth-order valence-corrected chi connectivity index (χ4v) is 6.97. The van der Waals surface area contributed by atoms with Gasteiger partial charge in [-0.15, -0.1) is 22.7 Å². The van der Waals surface area contributed by atoms with Gasteiger partial charge in [0, 0.05) is 15.0 Å². The number of hydrogen-bond donors (Lipinski definition) is 0. The predicted molar refractivity (Wildman–Crippen MR) is 121 cm³/mol. The normalized spacial score (nSPS) is 17.4. The van der Waals surface area contributed by atoms with Gasteiger partial charge in [0.1, 0.15) is 10.3 Å². The lowest BCUT2D eigenvalue weighted by Gasteiger charge is -2.25. The Morgan fingerprint density at radius 1 is 1.03 bits per heavy atom. The van der Waals surface area contributed by atoms with Gasteiger partial charge in [-0.2, -0.15) is 4.31 Å². The van der Waals surface area contributed by atoms with Crippen molar-refractivity contribution in [1.82, 2.24) is 4.31 Å². The predicted octanol–water partition coefficient (Wildman–Crippen LogP) is 3.94. The highest BCUT2D eigenvalue weighted by molar-refractivity contribution is 14.1. The minimum absolute atomic E-state index is 0.0438. The molecule has 10 heteroatoms. The van der Waals surface area contributed by atoms with Crippen LogP contribution in [0.15, 0.2) is 63.5 Å². The highest BCUT2D eigenvalue weighted by atomic mass is 127. The molecule has 150 valence electrons. The van der Waals surface area contributed by atoms with Crippen LogP contribution in [0.3, 0.4) is 0 Å². The van der Waals surface area contributed by atoms with Crippen LogP contribution in [0.4, 0.5) is 5.69 Å². The molecule has 3 heterocycles. The van der Waals surface area contributed by atoms with Gasteiger partial charge in [0.15, 0.2) is 0 Å². The summed E-state index contributed by atoms with van der Waals surface area (Å²) in [7, 11) is -3.93. The highest BCUT2D eigenvalue weighted by Crippen LogP contribution is 2.32. The van der Waals surface area contributed by atoms with E-state index in [1.165, 1.54) is 17.4 Å². The fraction of sp³-hybridized carbons (Fsp3) is 0.158. The summed E-state index contributed by atoms with van der Waals surface area (Å²) in [5.41, 5.74) is 0.451. The van der Waals surface area contributed by atoms with Crippen LogP contribution in [0, 0.1) is 3.57 Å². The molecular formula is C19H15IN2O4S3. The molecule has 0 spiro atoms. The first-order chi connectivity index (χ1) is 13.9. The number of thiophene rings is 2. The summed E-state index contributed by atoms with van der Waals surface area (Å²) in [6, 6.07) is 12.7. The third kappa shape index (κ3) is 4.04. The fourth-order valence-electron chi connectivity index (χ4n) is 3.15. The molecule has 1 fully saturated rings. The second-order valence-electron chi connectivity index (χ2n) is 6.33. The van der Waals surface area contributed by atoms with Crippen LogP contribution in [0.1, 0.15) is 11.3 Å². The van der Waals surface area contributed by atoms with Crippen LogP contribution < -0.4 is 4.90 Å². The van der Waals surface area contributed by atoms with Gasteiger partial charge in [-0.3, -0.25) is 9.59 Å². The summed E-state index contributed by atoms with van der Waals surface area (Å²) in [6.07, 6.45) is -0.180. The van der Waals surface area contributed by atoms with E-state index in [4.69, 9.17) is 0 Å². The third-order valence-electron chi connectivity index (χ3n) is 4.51. The Bertz CT molecular complexity index is 1130. The van der Waals surface area contributed by atoms with Crippen LogP contribution >= 0.6 is 45.3 Å². The number of sulfonamides is 1. The zero-order valence-corrected chi connectivity index (χ0v) is 19.5. The van der Waals surface area contributed by atoms with Crippen LogP contribution in [0.25, 0.3) is 0 Å². The number of carbonyl (C=O) groups excluding carboxylic acids is 2. The van der Waals surface area contributed by atoms with Gasteiger partial charge < -0.3 is 0 Å². The van der Waals surface area contributed by atoms with Crippen LogP contribution in [-0.4, -0.2) is 30.6 Å². The second-order valence-corrected chi connectivity index (χ2v) is 11.7. The Labute approximate surface area is 190 Å².